The van der Waals surface area contributed by atoms with Gasteiger partial charge in [-0.3, -0.25) is 0 Å². The van der Waals surface area contributed by atoms with Gasteiger partial charge in [-0.1, -0.05) is 44.5 Å². The van der Waals surface area contributed by atoms with E-state index < -0.39 is 5.60 Å². The van der Waals surface area contributed by atoms with Gasteiger partial charge in [0.15, 0.2) is 0 Å². The second kappa shape index (κ2) is 5.14. The van der Waals surface area contributed by atoms with Crippen LogP contribution < -0.4 is 0 Å². The molecule has 0 saturated carbocycles. The fourth-order valence-electron chi connectivity index (χ4n) is 3.54. The Balaban J connectivity index is 1.89. The Hall–Kier alpha value is -0.470. The van der Waals surface area contributed by atoms with Crippen LogP contribution in [0.3, 0.4) is 0 Å². The third kappa shape index (κ3) is 2.71. The lowest BCUT2D eigenvalue weighted by atomic mass is 9.79. The van der Waals surface area contributed by atoms with Gasteiger partial charge < -0.3 is 5.11 Å². The summed E-state index contributed by atoms with van der Waals surface area (Å²) in [5.41, 5.74) is 1.91. The number of benzene rings is 1. The fourth-order valence-corrected chi connectivity index (χ4v) is 5.44. The zero-order chi connectivity index (χ0) is 13.5. The molecule has 2 aliphatic rings. The quantitative estimate of drug-likeness (QED) is 0.861. The van der Waals surface area contributed by atoms with Crippen LogP contribution in [-0.2, 0) is 5.60 Å². The summed E-state index contributed by atoms with van der Waals surface area (Å²) < 4.78 is 0. The normalized spacial score (nSPS) is 34.5. The molecule has 3 rings (SSSR count). The molecule has 0 radical (unpaired) electrons. The molecule has 2 heterocycles. The molecule has 2 fully saturated rings. The zero-order valence-electron chi connectivity index (χ0n) is 11.9. The highest BCUT2D eigenvalue weighted by Crippen LogP contribution is 2.49. The van der Waals surface area contributed by atoms with Crippen LogP contribution in [-0.4, -0.2) is 15.6 Å². The van der Waals surface area contributed by atoms with E-state index in [-0.39, 0.29) is 0 Å². The Labute approximate surface area is 120 Å². The molecule has 2 aliphatic heterocycles. The van der Waals surface area contributed by atoms with E-state index in [1.807, 2.05) is 0 Å². The summed E-state index contributed by atoms with van der Waals surface area (Å²) in [6.07, 6.45) is 5.80. The predicted octanol–water partition coefficient (Wildman–Crippen LogP) is 4.45. The Bertz CT molecular complexity index is 442. The minimum absolute atomic E-state index is 0.529. The van der Waals surface area contributed by atoms with Crippen molar-refractivity contribution in [2.45, 2.75) is 68.0 Å². The number of thioether (sulfide) groups is 1. The largest absolute Gasteiger partial charge is 0.385 e. The standard InChI is InChI=1S/C17H24OS/c1-12(2)13-5-3-6-14(9-13)17(18)10-15-7-4-8-16(11-17)19-15/h3,5-6,9,12,15-16,18H,4,7-8,10-11H2,1-2H3. The van der Waals surface area contributed by atoms with Crippen molar-refractivity contribution in [2.75, 3.05) is 0 Å². The number of aliphatic hydroxyl groups is 1. The van der Waals surface area contributed by atoms with Gasteiger partial charge in [0.2, 0.25) is 0 Å². The van der Waals surface area contributed by atoms with Gasteiger partial charge in [-0.15, -0.1) is 0 Å². The molecule has 0 aliphatic carbocycles. The van der Waals surface area contributed by atoms with Gasteiger partial charge in [0.1, 0.15) is 0 Å². The van der Waals surface area contributed by atoms with Crippen LogP contribution in [0.1, 0.15) is 63.0 Å². The molecule has 2 heteroatoms. The highest BCUT2D eigenvalue weighted by Gasteiger charge is 2.42. The van der Waals surface area contributed by atoms with Crippen molar-refractivity contribution in [1.29, 1.82) is 0 Å². The SMILES string of the molecule is CC(C)c1cccc(C2(O)CC3CCCC(C2)S3)c1. The lowest BCUT2D eigenvalue weighted by Crippen LogP contribution is -2.40. The summed E-state index contributed by atoms with van der Waals surface area (Å²) in [6, 6.07) is 8.64. The molecule has 1 N–H and O–H groups in total. The average Bonchev–Trinajstić information content (AvgIpc) is 2.38. The van der Waals surface area contributed by atoms with E-state index in [1.54, 1.807) is 0 Å². The molecule has 2 saturated heterocycles. The average molecular weight is 276 g/mol. The molecule has 1 aromatic carbocycles. The number of fused-ring (bicyclic) bond motifs is 2. The van der Waals surface area contributed by atoms with E-state index in [4.69, 9.17) is 0 Å². The van der Waals surface area contributed by atoms with Crippen LogP contribution in [0.4, 0.5) is 0 Å². The van der Waals surface area contributed by atoms with Crippen LogP contribution in [0.5, 0.6) is 0 Å². The van der Waals surface area contributed by atoms with E-state index in [2.05, 4.69) is 49.9 Å². The van der Waals surface area contributed by atoms with Crippen molar-refractivity contribution in [2.24, 2.45) is 0 Å². The summed E-state index contributed by atoms with van der Waals surface area (Å²) in [5, 5.41) is 12.5. The highest BCUT2D eigenvalue weighted by molar-refractivity contribution is 8.00. The minimum Gasteiger partial charge on any atom is -0.385 e. The lowest BCUT2D eigenvalue weighted by molar-refractivity contribution is 0.00805. The molecule has 2 unspecified atom stereocenters. The third-order valence-corrected chi connectivity index (χ3v) is 6.23. The molecule has 1 nitrogen and oxygen atoms in total. The fraction of sp³-hybridized carbons (Fsp3) is 0.647. The van der Waals surface area contributed by atoms with Crippen molar-refractivity contribution in [3.63, 3.8) is 0 Å². The van der Waals surface area contributed by atoms with Gasteiger partial charge in [-0.2, -0.15) is 11.8 Å². The topological polar surface area (TPSA) is 20.2 Å². The Morgan fingerprint density at radius 2 is 1.89 bits per heavy atom. The van der Waals surface area contributed by atoms with E-state index >= 15 is 0 Å². The molecular weight excluding hydrogens is 252 g/mol. The number of rotatable bonds is 2. The summed E-state index contributed by atoms with van der Waals surface area (Å²) in [4.78, 5) is 0. The molecule has 0 spiro atoms. The van der Waals surface area contributed by atoms with Crippen LogP contribution in [0, 0.1) is 0 Å². The number of hydrogen-bond donors (Lipinski definition) is 1. The van der Waals surface area contributed by atoms with Crippen LogP contribution in [0.2, 0.25) is 0 Å². The monoisotopic (exact) mass is 276 g/mol. The first-order valence-corrected chi connectivity index (χ1v) is 8.49. The maximum atomic E-state index is 11.1. The second-order valence-electron chi connectivity index (χ2n) is 6.53. The van der Waals surface area contributed by atoms with Crippen molar-refractivity contribution in [3.05, 3.63) is 35.4 Å². The first kappa shape index (κ1) is 13.5. The van der Waals surface area contributed by atoms with Crippen LogP contribution in [0.25, 0.3) is 0 Å². The zero-order valence-corrected chi connectivity index (χ0v) is 12.7. The van der Waals surface area contributed by atoms with E-state index in [0.717, 1.165) is 18.4 Å². The Morgan fingerprint density at radius 1 is 1.21 bits per heavy atom. The van der Waals surface area contributed by atoms with Gasteiger partial charge in [-0.25, -0.2) is 0 Å². The maximum Gasteiger partial charge on any atom is 0.0917 e. The predicted molar refractivity (Wildman–Crippen MR) is 82.7 cm³/mol. The summed E-state index contributed by atoms with van der Waals surface area (Å²) in [7, 11) is 0. The molecule has 19 heavy (non-hydrogen) atoms. The molecule has 2 atom stereocenters. The summed E-state index contributed by atoms with van der Waals surface area (Å²) in [5.74, 6) is 0.529. The lowest BCUT2D eigenvalue weighted by Gasteiger charge is -2.44. The van der Waals surface area contributed by atoms with Crippen LogP contribution >= 0.6 is 11.8 Å². The van der Waals surface area contributed by atoms with Gasteiger partial charge in [0.05, 0.1) is 5.60 Å². The smallest absolute Gasteiger partial charge is 0.0917 e. The van der Waals surface area contributed by atoms with Gasteiger partial charge in [0, 0.05) is 10.5 Å². The van der Waals surface area contributed by atoms with Crippen LogP contribution in [0.15, 0.2) is 24.3 Å². The highest BCUT2D eigenvalue weighted by atomic mass is 32.2. The first-order chi connectivity index (χ1) is 9.07. The van der Waals surface area contributed by atoms with Crippen molar-refractivity contribution in [3.8, 4) is 0 Å². The van der Waals surface area contributed by atoms with E-state index in [0.29, 0.717) is 16.4 Å². The van der Waals surface area contributed by atoms with Gasteiger partial charge in [-0.05, 0) is 42.7 Å². The molecule has 104 valence electrons. The van der Waals surface area contributed by atoms with E-state index in [9.17, 15) is 5.11 Å². The second-order valence-corrected chi connectivity index (χ2v) is 8.14. The third-order valence-electron chi connectivity index (χ3n) is 4.66. The van der Waals surface area contributed by atoms with Crippen molar-refractivity contribution in [1.82, 2.24) is 0 Å². The van der Waals surface area contributed by atoms with Gasteiger partial charge >= 0.3 is 0 Å². The summed E-state index contributed by atoms with van der Waals surface area (Å²) in [6.45, 7) is 4.43. The van der Waals surface area contributed by atoms with Crippen molar-refractivity contribution < 1.29 is 5.11 Å². The molecule has 0 amide bonds. The first-order valence-electron chi connectivity index (χ1n) is 7.55. The Morgan fingerprint density at radius 3 is 2.53 bits per heavy atom. The van der Waals surface area contributed by atoms with Gasteiger partial charge in [0.25, 0.3) is 0 Å². The molecule has 0 aromatic heterocycles. The summed E-state index contributed by atoms with van der Waals surface area (Å²) >= 11 is 2.12. The van der Waals surface area contributed by atoms with Crippen molar-refractivity contribution >= 4 is 11.8 Å². The molecule has 1 aromatic rings. The molecule has 2 bridgehead atoms. The Kier molecular flexibility index (Phi) is 3.65. The van der Waals surface area contributed by atoms with E-state index in [1.165, 1.54) is 24.8 Å². The minimum atomic E-state index is -0.577. The maximum absolute atomic E-state index is 11.1. The molecular formula is C17H24OS. The number of hydrogen-bond acceptors (Lipinski definition) is 2.